The van der Waals surface area contributed by atoms with E-state index in [-0.39, 0.29) is 11.9 Å². The third kappa shape index (κ3) is 3.58. The number of rotatable bonds is 5. The van der Waals surface area contributed by atoms with Crippen LogP contribution in [0.5, 0.6) is 5.75 Å². The Bertz CT molecular complexity index is 705. The Morgan fingerprint density at radius 2 is 2.29 bits per heavy atom. The molecule has 2 aromatic rings. The zero-order valence-corrected chi connectivity index (χ0v) is 15.4. The number of likely N-dealkylation sites (tertiary alicyclic amines) is 1. The summed E-state index contributed by atoms with van der Waals surface area (Å²) in [6, 6.07) is 9.54. The molecule has 0 saturated carbocycles. The van der Waals surface area contributed by atoms with Crippen LogP contribution in [0.15, 0.2) is 35.7 Å². The first-order chi connectivity index (χ1) is 11.6. The van der Waals surface area contributed by atoms with E-state index in [1.54, 1.807) is 36.6 Å². The maximum absolute atomic E-state index is 12.7. The first-order valence-electron chi connectivity index (χ1n) is 8.03. The summed E-state index contributed by atoms with van der Waals surface area (Å²) in [4.78, 5) is 16.3. The molecule has 2 heterocycles. The van der Waals surface area contributed by atoms with Crippen LogP contribution in [-0.2, 0) is 4.79 Å². The minimum atomic E-state index is -0.219. The Morgan fingerprint density at radius 1 is 1.46 bits per heavy atom. The quantitative estimate of drug-likeness (QED) is 0.844. The van der Waals surface area contributed by atoms with Crippen LogP contribution in [0.1, 0.15) is 30.7 Å². The van der Waals surface area contributed by atoms with Crippen LogP contribution in [0.25, 0.3) is 0 Å². The van der Waals surface area contributed by atoms with Gasteiger partial charge in [0.15, 0.2) is 0 Å². The van der Waals surface area contributed by atoms with Gasteiger partial charge in [0.25, 0.3) is 0 Å². The van der Waals surface area contributed by atoms with Gasteiger partial charge >= 0.3 is 0 Å². The van der Waals surface area contributed by atoms with E-state index in [0.717, 1.165) is 19.4 Å². The average molecular weight is 365 g/mol. The summed E-state index contributed by atoms with van der Waals surface area (Å²) in [6.07, 6.45) is 2.21. The van der Waals surface area contributed by atoms with E-state index in [9.17, 15) is 4.79 Å². The van der Waals surface area contributed by atoms with Gasteiger partial charge in [-0.15, -0.1) is 11.3 Å². The number of hydrogen-bond donors (Lipinski definition) is 1. The van der Waals surface area contributed by atoms with E-state index in [4.69, 9.17) is 16.3 Å². The van der Waals surface area contributed by atoms with E-state index < -0.39 is 0 Å². The van der Waals surface area contributed by atoms with Gasteiger partial charge in [-0.05, 0) is 56.0 Å². The van der Waals surface area contributed by atoms with Crippen molar-refractivity contribution in [3.63, 3.8) is 0 Å². The van der Waals surface area contributed by atoms with Crippen LogP contribution < -0.4 is 10.1 Å². The minimum Gasteiger partial charge on any atom is -0.495 e. The molecule has 3 rings (SSSR count). The highest BCUT2D eigenvalue weighted by Crippen LogP contribution is 2.36. The maximum Gasteiger partial charge on any atom is 0.241 e. The lowest BCUT2D eigenvalue weighted by molar-refractivity contribution is -0.121. The molecular weight excluding hydrogens is 344 g/mol. The molecule has 0 bridgehead atoms. The second-order valence-corrected chi connectivity index (χ2v) is 7.34. The number of methoxy groups -OCH3 is 1. The molecule has 0 aliphatic carbocycles. The van der Waals surface area contributed by atoms with Crippen molar-refractivity contribution in [2.24, 2.45) is 0 Å². The summed E-state index contributed by atoms with van der Waals surface area (Å²) < 4.78 is 5.30. The van der Waals surface area contributed by atoms with Crippen LogP contribution in [0.2, 0.25) is 5.02 Å². The first kappa shape index (κ1) is 17.3. The van der Waals surface area contributed by atoms with Gasteiger partial charge in [-0.3, -0.25) is 9.69 Å². The van der Waals surface area contributed by atoms with Crippen molar-refractivity contribution >= 4 is 34.5 Å². The van der Waals surface area contributed by atoms with Crippen molar-refractivity contribution in [1.29, 1.82) is 0 Å². The second kappa shape index (κ2) is 7.55. The molecule has 1 aromatic carbocycles. The van der Waals surface area contributed by atoms with Crippen molar-refractivity contribution in [2.45, 2.75) is 31.8 Å². The molecule has 1 amide bonds. The second-order valence-electron chi connectivity index (χ2n) is 5.92. The number of nitrogens with zero attached hydrogens (tertiary/aromatic N) is 1. The number of anilines is 1. The van der Waals surface area contributed by atoms with Gasteiger partial charge in [0.05, 0.1) is 18.8 Å². The summed E-state index contributed by atoms with van der Waals surface area (Å²) >= 11 is 7.79. The molecule has 128 valence electrons. The highest BCUT2D eigenvalue weighted by molar-refractivity contribution is 7.10. The minimum absolute atomic E-state index is 0.0426. The number of amides is 1. The van der Waals surface area contributed by atoms with Gasteiger partial charge in [-0.2, -0.15) is 0 Å². The highest BCUT2D eigenvalue weighted by Gasteiger charge is 2.33. The molecule has 2 atom stereocenters. The van der Waals surface area contributed by atoms with Gasteiger partial charge in [0.2, 0.25) is 5.91 Å². The largest absolute Gasteiger partial charge is 0.495 e. The molecule has 1 aliphatic heterocycles. The van der Waals surface area contributed by atoms with Gasteiger partial charge in [0, 0.05) is 15.9 Å². The molecule has 1 N–H and O–H groups in total. The van der Waals surface area contributed by atoms with Gasteiger partial charge in [-0.1, -0.05) is 17.7 Å². The van der Waals surface area contributed by atoms with Gasteiger partial charge in [0.1, 0.15) is 5.75 Å². The summed E-state index contributed by atoms with van der Waals surface area (Å²) in [5.41, 5.74) is 0.605. The molecule has 24 heavy (non-hydrogen) atoms. The normalized spacial score (nSPS) is 19.2. The number of carbonyl (C=O) groups is 1. The smallest absolute Gasteiger partial charge is 0.241 e. The molecule has 1 fully saturated rings. The fourth-order valence-corrected chi connectivity index (χ4v) is 4.26. The lowest BCUT2D eigenvalue weighted by Gasteiger charge is -2.29. The lowest BCUT2D eigenvalue weighted by atomic mass is 10.1. The molecule has 0 unspecified atom stereocenters. The van der Waals surface area contributed by atoms with Gasteiger partial charge in [-0.25, -0.2) is 0 Å². The first-order valence-corrected chi connectivity index (χ1v) is 9.29. The van der Waals surface area contributed by atoms with Crippen LogP contribution in [0.3, 0.4) is 0 Å². The fourth-order valence-electron chi connectivity index (χ4n) is 3.20. The molecule has 0 radical (unpaired) electrons. The SMILES string of the molecule is COc1ccc(Cl)cc1NC(=O)[C@H](C)N1CCC[C@H]1c1cccs1. The Kier molecular flexibility index (Phi) is 5.43. The van der Waals surface area contributed by atoms with Crippen LogP contribution in [0.4, 0.5) is 5.69 Å². The van der Waals surface area contributed by atoms with Crippen LogP contribution in [0, 0.1) is 0 Å². The predicted octanol–water partition coefficient (Wildman–Crippen LogP) is 4.57. The summed E-state index contributed by atoms with van der Waals surface area (Å²) in [6.45, 7) is 2.89. The Balaban J connectivity index is 1.74. The van der Waals surface area contributed by atoms with E-state index in [1.165, 1.54) is 4.88 Å². The number of thiophene rings is 1. The number of hydrogen-bond acceptors (Lipinski definition) is 4. The molecule has 6 heteroatoms. The molecule has 1 aromatic heterocycles. The topological polar surface area (TPSA) is 41.6 Å². The predicted molar refractivity (Wildman–Crippen MR) is 99.1 cm³/mol. The molecule has 0 spiro atoms. The Morgan fingerprint density at radius 3 is 3.00 bits per heavy atom. The number of benzene rings is 1. The summed E-state index contributed by atoms with van der Waals surface area (Å²) in [5.74, 6) is 0.565. The lowest BCUT2D eigenvalue weighted by Crippen LogP contribution is -2.41. The monoisotopic (exact) mass is 364 g/mol. The standard InChI is InChI=1S/C18H21ClN2O2S/c1-12(21-9-3-5-15(21)17-6-4-10-24-17)18(22)20-14-11-13(19)7-8-16(14)23-2/h4,6-8,10-12,15H,3,5,9H2,1-2H3,(H,20,22)/t12-,15-/m0/s1. The van der Waals surface area contributed by atoms with Crippen LogP contribution in [-0.4, -0.2) is 30.5 Å². The van der Waals surface area contributed by atoms with E-state index >= 15 is 0 Å². The summed E-state index contributed by atoms with van der Waals surface area (Å²) in [5, 5.41) is 5.61. The van der Waals surface area contributed by atoms with Gasteiger partial charge < -0.3 is 10.1 Å². The molecule has 4 nitrogen and oxygen atoms in total. The van der Waals surface area contributed by atoms with Crippen molar-refractivity contribution in [1.82, 2.24) is 4.90 Å². The molecular formula is C18H21ClN2O2S. The zero-order chi connectivity index (χ0) is 17.1. The summed E-state index contributed by atoms with van der Waals surface area (Å²) in [7, 11) is 1.58. The number of carbonyl (C=O) groups excluding carboxylic acids is 1. The van der Waals surface area contributed by atoms with Crippen molar-refractivity contribution in [3.8, 4) is 5.75 Å². The average Bonchev–Trinajstić information content (AvgIpc) is 3.25. The van der Waals surface area contributed by atoms with Crippen molar-refractivity contribution in [3.05, 3.63) is 45.6 Å². The van der Waals surface area contributed by atoms with Crippen molar-refractivity contribution < 1.29 is 9.53 Å². The fraction of sp³-hybridized carbons (Fsp3) is 0.389. The number of nitrogens with one attached hydrogen (secondary N) is 1. The van der Waals surface area contributed by atoms with E-state index in [0.29, 0.717) is 22.5 Å². The zero-order valence-electron chi connectivity index (χ0n) is 13.8. The van der Waals surface area contributed by atoms with E-state index in [2.05, 4.69) is 27.7 Å². The molecule has 1 saturated heterocycles. The number of halogens is 1. The van der Waals surface area contributed by atoms with Crippen molar-refractivity contribution in [2.75, 3.05) is 19.0 Å². The third-order valence-corrected chi connectivity index (χ3v) is 5.67. The molecule has 1 aliphatic rings. The van der Waals surface area contributed by atoms with E-state index in [1.807, 2.05) is 6.92 Å². The highest BCUT2D eigenvalue weighted by atomic mass is 35.5. The Labute approximate surface area is 151 Å². The Hall–Kier alpha value is -1.56. The third-order valence-electron chi connectivity index (χ3n) is 4.46. The maximum atomic E-state index is 12.7. The van der Waals surface area contributed by atoms with Crippen LogP contribution >= 0.6 is 22.9 Å². The number of ether oxygens (including phenoxy) is 1.